The van der Waals surface area contributed by atoms with Crippen LogP contribution >= 0.6 is 22.9 Å². The van der Waals surface area contributed by atoms with Crippen molar-refractivity contribution in [1.29, 1.82) is 0 Å². The predicted octanol–water partition coefficient (Wildman–Crippen LogP) is 4.99. The lowest BCUT2D eigenvalue weighted by molar-refractivity contribution is 0.536. The summed E-state index contributed by atoms with van der Waals surface area (Å²) >= 11 is 8.03. The van der Waals surface area contributed by atoms with Crippen molar-refractivity contribution in [3.63, 3.8) is 0 Å². The van der Waals surface area contributed by atoms with Gasteiger partial charge in [-0.2, -0.15) is 0 Å². The maximum absolute atomic E-state index is 6.29. The second-order valence-electron chi connectivity index (χ2n) is 4.77. The van der Waals surface area contributed by atoms with Crippen LogP contribution in [0.2, 0.25) is 5.02 Å². The van der Waals surface area contributed by atoms with Crippen molar-refractivity contribution in [3.8, 4) is 0 Å². The Labute approximate surface area is 124 Å². The van der Waals surface area contributed by atoms with Crippen LogP contribution in [0.5, 0.6) is 0 Å². The Morgan fingerprint density at radius 1 is 1.26 bits per heavy atom. The Balaban J connectivity index is 2.19. The van der Waals surface area contributed by atoms with E-state index in [2.05, 4.69) is 48.8 Å². The van der Waals surface area contributed by atoms with Crippen molar-refractivity contribution in [1.82, 2.24) is 5.32 Å². The molecule has 2 aromatic rings. The molecule has 0 spiro atoms. The molecule has 0 saturated heterocycles. The first kappa shape index (κ1) is 14.6. The van der Waals surface area contributed by atoms with E-state index in [9.17, 15) is 0 Å². The number of hydrogen-bond acceptors (Lipinski definition) is 2. The minimum atomic E-state index is 0.313. The van der Waals surface area contributed by atoms with E-state index in [-0.39, 0.29) is 0 Å². The van der Waals surface area contributed by atoms with E-state index in [1.807, 2.05) is 6.07 Å². The molecule has 1 heterocycles. The fourth-order valence-electron chi connectivity index (χ4n) is 2.19. The molecule has 0 aliphatic carbocycles. The van der Waals surface area contributed by atoms with Gasteiger partial charge in [-0.3, -0.25) is 0 Å². The first-order valence-electron chi connectivity index (χ1n) is 6.73. The lowest BCUT2D eigenvalue weighted by Crippen LogP contribution is -2.23. The largest absolute Gasteiger partial charge is 0.309 e. The molecule has 1 atom stereocenters. The zero-order chi connectivity index (χ0) is 13.7. The van der Waals surface area contributed by atoms with E-state index in [4.69, 9.17) is 11.6 Å². The van der Waals surface area contributed by atoms with E-state index in [0.717, 1.165) is 24.4 Å². The molecule has 0 amide bonds. The van der Waals surface area contributed by atoms with Crippen LogP contribution in [0.15, 0.2) is 35.7 Å². The molecule has 0 aliphatic rings. The van der Waals surface area contributed by atoms with Crippen molar-refractivity contribution in [2.24, 2.45) is 0 Å². The van der Waals surface area contributed by atoms with Crippen LogP contribution in [0.25, 0.3) is 0 Å². The van der Waals surface area contributed by atoms with E-state index >= 15 is 0 Å². The van der Waals surface area contributed by atoms with E-state index < -0.39 is 0 Å². The van der Waals surface area contributed by atoms with E-state index in [0.29, 0.717) is 6.04 Å². The van der Waals surface area contributed by atoms with Gasteiger partial charge in [0.15, 0.2) is 0 Å². The van der Waals surface area contributed by atoms with Gasteiger partial charge in [-0.25, -0.2) is 0 Å². The average molecular weight is 294 g/mol. The summed E-state index contributed by atoms with van der Waals surface area (Å²) in [7, 11) is 0. The highest BCUT2D eigenvalue weighted by atomic mass is 35.5. The first-order chi connectivity index (χ1) is 9.22. The highest BCUT2D eigenvalue weighted by Gasteiger charge is 2.16. The molecule has 102 valence electrons. The van der Waals surface area contributed by atoms with Crippen molar-refractivity contribution in [3.05, 3.63) is 56.7 Å². The molecule has 2 rings (SSSR count). The second-order valence-corrected chi connectivity index (χ2v) is 6.13. The van der Waals surface area contributed by atoms with Crippen LogP contribution in [0.4, 0.5) is 0 Å². The molecular weight excluding hydrogens is 274 g/mol. The number of halogens is 1. The summed E-state index contributed by atoms with van der Waals surface area (Å²) in [6.45, 7) is 5.38. The van der Waals surface area contributed by atoms with Gasteiger partial charge >= 0.3 is 0 Å². The highest BCUT2D eigenvalue weighted by molar-refractivity contribution is 7.10. The van der Waals surface area contributed by atoms with Gasteiger partial charge in [0, 0.05) is 10.9 Å². The van der Waals surface area contributed by atoms with E-state index in [1.165, 1.54) is 16.0 Å². The minimum Gasteiger partial charge on any atom is -0.309 e. The van der Waals surface area contributed by atoms with Gasteiger partial charge in [-0.15, -0.1) is 11.3 Å². The second kappa shape index (κ2) is 7.09. The van der Waals surface area contributed by atoms with Crippen LogP contribution in [0, 0.1) is 6.92 Å². The van der Waals surface area contributed by atoms with Gasteiger partial charge in [0.05, 0.1) is 5.02 Å². The summed E-state index contributed by atoms with van der Waals surface area (Å²) in [5, 5.41) is 6.56. The average Bonchev–Trinajstić information content (AvgIpc) is 2.83. The van der Waals surface area contributed by atoms with Gasteiger partial charge in [0.25, 0.3) is 0 Å². The maximum atomic E-state index is 6.29. The lowest BCUT2D eigenvalue weighted by Gasteiger charge is -2.19. The van der Waals surface area contributed by atoms with Crippen molar-refractivity contribution >= 4 is 22.9 Å². The third-order valence-corrected chi connectivity index (χ3v) is 4.76. The molecule has 1 aromatic carbocycles. The number of rotatable bonds is 6. The lowest BCUT2D eigenvalue weighted by atomic mass is 10.00. The smallest absolute Gasteiger partial charge is 0.0561 e. The topological polar surface area (TPSA) is 12.0 Å². The molecule has 0 aliphatic heterocycles. The van der Waals surface area contributed by atoms with Crippen LogP contribution in [0.1, 0.15) is 35.4 Å². The van der Waals surface area contributed by atoms with E-state index in [1.54, 1.807) is 11.3 Å². The predicted molar refractivity (Wildman–Crippen MR) is 85.2 cm³/mol. The van der Waals surface area contributed by atoms with Crippen LogP contribution in [-0.4, -0.2) is 6.54 Å². The fraction of sp³-hybridized carbons (Fsp3) is 0.375. The Morgan fingerprint density at radius 3 is 2.68 bits per heavy atom. The molecule has 1 nitrogen and oxygen atoms in total. The first-order valence-corrected chi connectivity index (χ1v) is 7.99. The molecule has 0 fully saturated rings. The monoisotopic (exact) mass is 293 g/mol. The SMILES string of the molecule is CCCNC(Cc1ccccc1C)c1sccc1Cl. The maximum Gasteiger partial charge on any atom is 0.0561 e. The molecule has 0 bridgehead atoms. The summed E-state index contributed by atoms with van der Waals surface area (Å²) < 4.78 is 0. The Hall–Kier alpha value is -0.830. The minimum absolute atomic E-state index is 0.313. The molecule has 1 aromatic heterocycles. The summed E-state index contributed by atoms with van der Waals surface area (Å²) in [6.07, 6.45) is 2.13. The normalized spacial score (nSPS) is 12.6. The van der Waals surface area contributed by atoms with Crippen LogP contribution in [-0.2, 0) is 6.42 Å². The third-order valence-electron chi connectivity index (χ3n) is 3.29. The third kappa shape index (κ3) is 3.82. The Morgan fingerprint density at radius 2 is 2.05 bits per heavy atom. The van der Waals surface area contributed by atoms with Gasteiger partial charge in [0.1, 0.15) is 0 Å². The fourth-order valence-corrected chi connectivity index (χ4v) is 3.45. The standard InChI is InChI=1S/C16H20ClNS/c1-3-9-18-15(16-14(17)8-10-19-16)11-13-7-5-4-6-12(13)2/h4-8,10,15,18H,3,9,11H2,1-2H3. The Bertz CT molecular complexity index is 521. The summed E-state index contributed by atoms with van der Waals surface area (Å²) in [5.41, 5.74) is 2.74. The quantitative estimate of drug-likeness (QED) is 0.791. The summed E-state index contributed by atoms with van der Waals surface area (Å²) in [6, 6.07) is 10.9. The molecular formula is C16H20ClNS. The zero-order valence-corrected chi connectivity index (χ0v) is 13.0. The summed E-state index contributed by atoms with van der Waals surface area (Å²) in [5.74, 6) is 0. The molecule has 3 heteroatoms. The zero-order valence-electron chi connectivity index (χ0n) is 11.4. The number of thiophene rings is 1. The molecule has 19 heavy (non-hydrogen) atoms. The molecule has 1 unspecified atom stereocenters. The van der Waals surface area contributed by atoms with Crippen molar-refractivity contribution < 1.29 is 0 Å². The highest BCUT2D eigenvalue weighted by Crippen LogP contribution is 2.31. The molecule has 0 radical (unpaired) electrons. The van der Waals surface area contributed by atoms with Gasteiger partial charge < -0.3 is 5.32 Å². The number of hydrogen-bond donors (Lipinski definition) is 1. The van der Waals surface area contributed by atoms with Crippen molar-refractivity contribution in [2.75, 3.05) is 6.54 Å². The molecule has 0 saturated carbocycles. The molecule has 1 N–H and O–H groups in total. The Kier molecular flexibility index (Phi) is 5.44. The van der Waals surface area contributed by atoms with Crippen LogP contribution < -0.4 is 5.32 Å². The van der Waals surface area contributed by atoms with Gasteiger partial charge in [0.2, 0.25) is 0 Å². The van der Waals surface area contributed by atoms with Gasteiger partial charge in [-0.05, 0) is 48.9 Å². The number of aryl methyl sites for hydroxylation is 1. The van der Waals surface area contributed by atoms with Crippen molar-refractivity contribution in [2.45, 2.75) is 32.7 Å². The number of benzene rings is 1. The van der Waals surface area contributed by atoms with Crippen LogP contribution in [0.3, 0.4) is 0 Å². The van der Waals surface area contributed by atoms with Gasteiger partial charge in [-0.1, -0.05) is 42.8 Å². The summed E-state index contributed by atoms with van der Waals surface area (Å²) in [4.78, 5) is 1.25. The number of nitrogens with one attached hydrogen (secondary N) is 1.